The quantitative estimate of drug-likeness (QED) is 0.841. The van der Waals surface area contributed by atoms with E-state index in [2.05, 4.69) is 49.6 Å². The molecule has 20 heavy (non-hydrogen) atoms. The summed E-state index contributed by atoms with van der Waals surface area (Å²) in [5.74, 6) is 1.63. The molecule has 0 saturated heterocycles. The van der Waals surface area contributed by atoms with Gasteiger partial charge in [-0.2, -0.15) is 0 Å². The van der Waals surface area contributed by atoms with Crippen LogP contribution in [0.15, 0.2) is 30.3 Å². The third-order valence-corrected chi connectivity index (χ3v) is 4.95. The maximum Gasteiger partial charge on any atom is 0.0976 e. The highest BCUT2D eigenvalue weighted by molar-refractivity contribution is 5.19. The summed E-state index contributed by atoms with van der Waals surface area (Å²) in [7, 11) is 3.91. The molecule has 4 unspecified atom stereocenters. The van der Waals surface area contributed by atoms with Gasteiger partial charge in [0, 0.05) is 13.2 Å². The first-order chi connectivity index (χ1) is 9.80. The minimum atomic E-state index is 0.154. The van der Waals surface area contributed by atoms with Crippen LogP contribution < -0.4 is 5.32 Å². The van der Waals surface area contributed by atoms with E-state index in [-0.39, 0.29) is 6.10 Å². The molecule has 0 aromatic heterocycles. The lowest BCUT2D eigenvalue weighted by molar-refractivity contribution is 0.0351. The first kappa shape index (κ1) is 15.5. The van der Waals surface area contributed by atoms with Crippen molar-refractivity contribution in [2.24, 2.45) is 11.8 Å². The lowest BCUT2D eigenvalue weighted by Gasteiger charge is -2.38. The molecule has 4 atom stereocenters. The maximum atomic E-state index is 5.85. The summed E-state index contributed by atoms with van der Waals surface area (Å²) in [5.41, 5.74) is 1.29. The van der Waals surface area contributed by atoms with Gasteiger partial charge in [-0.15, -0.1) is 0 Å². The molecule has 1 aliphatic carbocycles. The number of benzene rings is 1. The SMILES string of the molecule is CCC1CCCC(C(NC)C(OC)c2ccccc2)C1. The van der Waals surface area contributed by atoms with Gasteiger partial charge in [-0.25, -0.2) is 0 Å². The van der Waals surface area contributed by atoms with Crippen LogP contribution in [0.1, 0.15) is 50.7 Å². The molecule has 112 valence electrons. The molecule has 0 radical (unpaired) electrons. The number of likely N-dealkylation sites (N-methyl/N-ethyl adjacent to an activating group) is 1. The molecule has 0 spiro atoms. The summed E-state index contributed by atoms with van der Waals surface area (Å²) in [6.45, 7) is 2.33. The Morgan fingerprint density at radius 1 is 1.25 bits per heavy atom. The van der Waals surface area contributed by atoms with E-state index in [1.807, 2.05) is 7.11 Å². The number of ether oxygens (including phenoxy) is 1. The molecular weight excluding hydrogens is 246 g/mol. The third kappa shape index (κ3) is 3.62. The molecule has 1 fully saturated rings. The minimum absolute atomic E-state index is 0.154. The van der Waals surface area contributed by atoms with Gasteiger partial charge in [-0.05, 0) is 37.3 Å². The zero-order valence-electron chi connectivity index (χ0n) is 13.1. The van der Waals surface area contributed by atoms with Crippen LogP contribution >= 0.6 is 0 Å². The molecular formula is C18H29NO. The molecule has 0 bridgehead atoms. The van der Waals surface area contributed by atoms with Crippen LogP contribution in [0.4, 0.5) is 0 Å². The van der Waals surface area contributed by atoms with Crippen LogP contribution in [-0.4, -0.2) is 20.2 Å². The highest BCUT2D eigenvalue weighted by atomic mass is 16.5. The summed E-state index contributed by atoms with van der Waals surface area (Å²) in [6, 6.07) is 11.0. The Labute approximate surface area is 123 Å². The van der Waals surface area contributed by atoms with Gasteiger partial charge in [-0.1, -0.05) is 56.5 Å². The Bertz CT molecular complexity index is 378. The molecule has 0 heterocycles. The van der Waals surface area contributed by atoms with Crippen LogP contribution in [0.25, 0.3) is 0 Å². The fraction of sp³-hybridized carbons (Fsp3) is 0.667. The third-order valence-electron chi connectivity index (χ3n) is 4.95. The van der Waals surface area contributed by atoms with Crippen LogP contribution in [0.2, 0.25) is 0 Å². The lowest BCUT2D eigenvalue weighted by atomic mass is 9.75. The molecule has 1 aromatic rings. The topological polar surface area (TPSA) is 21.3 Å². The highest BCUT2D eigenvalue weighted by Gasteiger charge is 2.32. The van der Waals surface area contributed by atoms with Crippen molar-refractivity contribution in [1.29, 1.82) is 0 Å². The van der Waals surface area contributed by atoms with Gasteiger partial charge in [0.05, 0.1) is 6.10 Å². The van der Waals surface area contributed by atoms with E-state index in [1.54, 1.807) is 0 Å². The van der Waals surface area contributed by atoms with Gasteiger partial charge >= 0.3 is 0 Å². The fourth-order valence-electron chi connectivity index (χ4n) is 3.80. The van der Waals surface area contributed by atoms with Gasteiger partial charge in [-0.3, -0.25) is 0 Å². The number of methoxy groups -OCH3 is 1. The predicted molar refractivity (Wildman–Crippen MR) is 84.8 cm³/mol. The standard InChI is InChI=1S/C18H29NO/c1-4-14-9-8-12-16(13-14)17(19-2)18(20-3)15-10-6-5-7-11-15/h5-7,10-11,14,16-19H,4,8-9,12-13H2,1-3H3. The Balaban J connectivity index is 2.13. The minimum Gasteiger partial charge on any atom is -0.375 e. The number of hydrogen-bond acceptors (Lipinski definition) is 2. The molecule has 1 aliphatic rings. The number of nitrogens with one attached hydrogen (secondary N) is 1. The van der Waals surface area contributed by atoms with Gasteiger partial charge in [0.2, 0.25) is 0 Å². The molecule has 1 saturated carbocycles. The molecule has 1 N–H and O–H groups in total. The fourth-order valence-corrected chi connectivity index (χ4v) is 3.80. The van der Waals surface area contributed by atoms with E-state index in [4.69, 9.17) is 4.74 Å². The van der Waals surface area contributed by atoms with Crippen molar-refractivity contribution < 1.29 is 4.74 Å². The van der Waals surface area contributed by atoms with E-state index in [0.29, 0.717) is 6.04 Å². The second-order valence-electron chi connectivity index (χ2n) is 6.08. The van der Waals surface area contributed by atoms with Gasteiger partial charge < -0.3 is 10.1 Å². The van der Waals surface area contributed by atoms with Crippen LogP contribution in [0, 0.1) is 11.8 Å². The van der Waals surface area contributed by atoms with Crippen molar-refractivity contribution in [2.75, 3.05) is 14.2 Å². The number of rotatable bonds is 6. The molecule has 0 aliphatic heterocycles. The summed E-state index contributed by atoms with van der Waals surface area (Å²) in [5, 5.41) is 3.54. The van der Waals surface area contributed by atoms with Crippen molar-refractivity contribution in [3.63, 3.8) is 0 Å². The molecule has 2 rings (SSSR count). The van der Waals surface area contributed by atoms with Gasteiger partial charge in [0.1, 0.15) is 0 Å². The van der Waals surface area contributed by atoms with Crippen LogP contribution in [0.5, 0.6) is 0 Å². The zero-order chi connectivity index (χ0) is 14.4. The van der Waals surface area contributed by atoms with Crippen LogP contribution in [-0.2, 0) is 4.74 Å². The van der Waals surface area contributed by atoms with E-state index >= 15 is 0 Å². The lowest BCUT2D eigenvalue weighted by Crippen LogP contribution is -2.41. The van der Waals surface area contributed by atoms with Crippen molar-refractivity contribution in [3.8, 4) is 0 Å². The van der Waals surface area contributed by atoms with Crippen molar-refractivity contribution in [3.05, 3.63) is 35.9 Å². The molecule has 2 heteroatoms. The van der Waals surface area contributed by atoms with Gasteiger partial charge in [0.25, 0.3) is 0 Å². The first-order valence-corrected chi connectivity index (χ1v) is 8.05. The smallest absolute Gasteiger partial charge is 0.0976 e. The Kier molecular flexibility index (Phi) is 6.06. The van der Waals surface area contributed by atoms with Crippen molar-refractivity contribution >= 4 is 0 Å². The summed E-state index contributed by atoms with van der Waals surface area (Å²) in [4.78, 5) is 0. The summed E-state index contributed by atoms with van der Waals surface area (Å²) < 4.78 is 5.85. The van der Waals surface area contributed by atoms with Crippen molar-refractivity contribution in [2.45, 2.75) is 51.2 Å². The highest BCUT2D eigenvalue weighted by Crippen LogP contribution is 2.37. The van der Waals surface area contributed by atoms with E-state index in [0.717, 1.165) is 11.8 Å². The van der Waals surface area contributed by atoms with E-state index in [9.17, 15) is 0 Å². The Hall–Kier alpha value is -0.860. The van der Waals surface area contributed by atoms with E-state index < -0.39 is 0 Å². The summed E-state index contributed by atoms with van der Waals surface area (Å²) >= 11 is 0. The largest absolute Gasteiger partial charge is 0.375 e. The molecule has 2 nitrogen and oxygen atoms in total. The van der Waals surface area contributed by atoms with E-state index in [1.165, 1.54) is 37.7 Å². The average molecular weight is 275 g/mol. The Morgan fingerprint density at radius 2 is 2.00 bits per heavy atom. The average Bonchev–Trinajstić information content (AvgIpc) is 2.53. The van der Waals surface area contributed by atoms with Crippen LogP contribution in [0.3, 0.4) is 0 Å². The molecule has 0 amide bonds. The monoisotopic (exact) mass is 275 g/mol. The predicted octanol–water partition coefficient (Wildman–Crippen LogP) is 4.18. The maximum absolute atomic E-state index is 5.85. The summed E-state index contributed by atoms with van der Waals surface area (Å²) in [6.07, 6.45) is 6.92. The second-order valence-corrected chi connectivity index (χ2v) is 6.08. The first-order valence-electron chi connectivity index (χ1n) is 8.05. The van der Waals surface area contributed by atoms with Gasteiger partial charge in [0.15, 0.2) is 0 Å². The zero-order valence-corrected chi connectivity index (χ0v) is 13.1. The number of hydrogen-bond donors (Lipinski definition) is 1. The van der Waals surface area contributed by atoms with Crippen molar-refractivity contribution in [1.82, 2.24) is 5.32 Å². The second kappa shape index (κ2) is 7.80. The normalized spacial score (nSPS) is 26.1. The Morgan fingerprint density at radius 3 is 2.60 bits per heavy atom. The molecule has 1 aromatic carbocycles.